The van der Waals surface area contributed by atoms with Crippen LogP contribution < -0.4 is 19.5 Å². The van der Waals surface area contributed by atoms with Crippen LogP contribution in [-0.2, 0) is 29.2 Å². The van der Waals surface area contributed by atoms with Crippen molar-refractivity contribution in [3.8, 4) is 22.9 Å². The van der Waals surface area contributed by atoms with Gasteiger partial charge in [-0.3, -0.25) is 28.9 Å². The lowest BCUT2D eigenvalue weighted by Crippen LogP contribution is -2.57. The lowest BCUT2D eigenvalue weighted by molar-refractivity contribution is -0.151. The maximum atomic E-state index is 14.9. The Labute approximate surface area is 348 Å². The van der Waals surface area contributed by atoms with Crippen LogP contribution in [0.5, 0.6) is 11.5 Å². The summed E-state index contributed by atoms with van der Waals surface area (Å²) in [6.45, 7) is 10.2. The van der Waals surface area contributed by atoms with Crippen molar-refractivity contribution in [2.24, 2.45) is 17.3 Å². The van der Waals surface area contributed by atoms with Crippen molar-refractivity contribution in [3.05, 3.63) is 60.8 Å². The first-order chi connectivity index (χ1) is 28.3. The summed E-state index contributed by atoms with van der Waals surface area (Å²) in [5.74, 6) is -6.42. The van der Waals surface area contributed by atoms with E-state index < -0.39 is 86.3 Å². The molecule has 4 amide bonds. The second-order valence-corrected chi connectivity index (χ2v) is 19.5. The number of carbonyl (C=O) groups is 4. The third kappa shape index (κ3) is 8.68. The van der Waals surface area contributed by atoms with Gasteiger partial charge in [0, 0.05) is 54.9 Å². The minimum Gasteiger partial charge on any atom is -0.496 e. The molecule has 0 spiro atoms. The third-order valence-corrected chi connectivity index (χ3v) is 14.0. The maximum absolute atomic E-state index is 14.9. The van der Waals surface area contributed by atoms with E-state index in [4.69, 9.17) is 14.5 Å². The van der Waals surface area contributed by atoms with E-state index in [2.05, 4.69) is 21.6 Å². The average molecular weight is 851 g/mol. The number of aryl methyl sites for hydroxylation is 1. The van der Waals surface area contributed by atoms with Crippen molar-refractivity contribution in [3.63, 3.8) is 0 Å². The number of halogens is 2. The van der Waals surface area contributed by atoms with Gasteiger partial charge >= 0.3 is 0 Å². The number of alkyl halides is 2. The largest absolute Gasteiger partial charge is 0.496 e. The molecule has 2 unspecified atom stereocenters. The molecule has 2 saturated heterocycles. The van der Waals surface area contributed by atoms with Crippen LogP contribution >= 0.6 is 0 Å². The fourth-order valence-electron chi connectivity index (χ4n) is 8.36. The SMILES string of the molecule is C=C[C@@H]1CC1(NC(=O)[C@@H]1C[C@@H](Oc2cc(-c3ccccn3)nc3c(C)c(OC)ccc23)CN1C(=O)C(CC(=O)N1CCCC(F)(F)C1)C(C)(C)C)C(=O)NS(=O)(=O)C1CC1. The van der Waals surface area contributed by atoms with E-state index in [1.807, 2.05) is 13.0 Å². The van der Waals surface area contributed by atoms with Crippen molar-refractivity contribution in [2.75, 3.05) is 26.7 Å². The van der Waals surface area contributed by atoms with Crippen LogP contribution in [0.1, 0.15) is 71.3 Å². The number of amides is 4. The predicted octanol–water partition coefficient (Wildman–Crippen LogP) is 4.94. The first-order valence-electron chi connectivity index (χ1n) is 20.3. The third-order valence-electron chi connectivity index (χ3n) is 12.2. The number of ether oxygens (including phenoxy) is 2. The van der Waals surface area contributed by atoms with E-state index in [-0.39, 0.29) is 45.2 Å². The molecule has 4 aliphatic rings. The Bertz CT molecular complexity index is 2320. The Kier molecular flexibility index (Phi) is 11.5. The van der Waals surface area contributed by atoms with Gasteiger partial charge in [-0.25, -0.2) is 22.2 Å². The van der Waals surface area contributed by atoms with E-state index in [9.17, 15) is 36.4 Å². The Hall–Kier alpha value is -5.19. The molecule has 60 heavy (non-hydrogen) atoms. The number of sulfonamides is 1. The molecular formula is C43H52F2N6O8S. The maximum Gasteiger partial charge on any atom is 0.265 e. The highest BCUT2D eigenvalue weighted by molar-refractivity contribution is 7.91. The second kappa shape index (κ2) is 16.0. The molecule has 2 N–H and O–H groups in total. The Balaban J connectivity index is 1.23. The average Bonchev–Trinajstić information content (AvgIpc) is 4.13. The number of carbonyl (C=O) groups excluding carboxylic acids is 4. The number of nitrogens with one attached hydrogen (secondary N) is 2. The van der Waals surface area contributed by atoms with Crippen LogP contribution in [0.25, 0.3) is 22.3 Å². The van der Waals surface area contributed by atoms with Gasteiger partial charge in [-0.2, -0.15) is 0 Å². The summed E-state index contributed by atoms with van der Waals surface area (Å²) in [5.41, 5.74) is -0.0741. The smallest absolute Gasteiger partial charge is 0.265 e. The molecule has 4 fully saturated rings. The number of aromatic nitrogens is 2. The lowest BCUT2D eigenvalue weighted by Gasteiger charge is -2.37. The molecule has 2 aliphatic heterocycles. The first-order valence-corrected chi connectivity index (χ1v) is 21.8. The summed E-state index contributed by atoms with van der Waals surface area (Å²) in [4.78, 5) is 68.5. The fraction of sp³-hybridized carbons (Fsp3) is 0.535. The molecule has 2 aliphatic carbocycles. The molecule has 322 valence electrons. The predicted molar refractivity (Wildman–Crippen MR) is 218 cm³/mol. The van der Waals surface area contributed by atoms with Crippen LogP contribution in [0.4, 0.5) is 8.78 Å². The van der Waals surface area contributed by atoms with Gasteiger partial charge in [-0.15, -0.1) is 6.58 Å². The molecule has 5 atom stereocenters. The molecule has 0 bridgehead atoms. The number of methoxy groups -OCH3 is 1. The first kappa shape index (κ1) is 42.9. The Morgan fingerprint density at radius 3 is 2.47 bits per heavy atom. The molecular weight excluding hydrogens is 799 g/mol. The van der Waals surface area contributed by atoms with Crippen molar-refractivity contribution >= 4 is 44.6 Å². The zero-order chi connectivity index (χ0) is 43.4. The van der Waals surface area contributed by atoms with Gasteiger partial charge in [0.1, 0.15) is 29.2 Å². The van der Waals surface area contributed by atoms with E-state index in [0.29, 0.717) is 46.6 Å². The molecule has 1 aromatic carbocycles. The standard InChI is InChI=1S/C43H52F2N6O8S/c1-7-26-22-43(26,40(55)49-60(56,57)28-12-13-28)48-38(53)33-19-27(23-51(33)39(54)30(41(3,4)5)20-36(52)50-18-10-16-42(44,45)24-50)59-35-21-32(31-11-8-9-17-46-31)47-37-25(2)34(58-6)15-14-29(35)37/h7-9,11,14-15,17,21,26-28,30,33H,1,10,12-13,16,18-20,22-24H2,2-6H3,(H,48,53)(H,49,55)/t26-,27-,30?,33+,43?/m1/s1. The molecule has 2 saturated carbocycles. The van der Waals surface area contributed by atoms with Crippen LogP contribution in [0.3, 0.4) is 0 Å². The quantitative estimate of drug-likeness (QED) is 0.224. The molecule has 17 heteroatoms. The van der Waals surface area contributed by atoms with Gasteiger partial charge in [0.2, 0.25) is 27.7 Å². The Morgan fingerprint density at radius 2 is 1.85 bits per heavy atom. The molecule has 7 rings (SSSR count). The Morgan fingerprint density at radius 1 is 1.10 bits per heavy atom. The van der Waals surface area contributed by atoms with Gasteiger partial charge in [0.05, 0.1) is 48.3 Å². The molecule has 0 radical (unpaired) electrons. The van der Waals surface area contributed by atoms with E-state index in [1.165, 1.54) is 11.0 Å². The lowest BCUT2D eigenvalue weighted by atomic mass is 9.77. The monoisotopic (exact) mass is 850 g/mol. The van der Waals surface area contributed by atoms with Crippen molar-refractivity contribution in [1.82, 2.24) is 29.8 Å². The van der Waals surface area contributed by atoms with E-state index in [0.717, 1.165) is 10.5 Å². The van der Waals surface area contributed by atoms with E-state index in [1.54, 1.807) is 64.4 Å². The number of likely N-dealkylation sites (tertiary alicyclic amines) is 2. The number of piperidine rings is 1. The van der Waals surface area contributed by atoms with Gasteiger partial charge < -0.3 is 24.6 Å². The van der Waals surface area contributed by atoms with Crippen molar-refractivity contribution < 1.29 is 45.9 Å². The highest BCUT2D eigenvalue weighted by Crippen LogP contribution is 2.46. The number of nitrogens with zero attached hydrogens (tertiary/aromatic N) is 4. The number of pyridine rings is 2. The summed E-state index contributed by atoms with van der Waals surface area (Å²) >= 11 is 0. The van der Waals surface area contributed by atoms with E-state index >= 15 is 0 Å². The zero-order valence-electron chi connectivity index (χ0n) is 34.5. The van der Waals surface area contributed by atoms with Crippen molar-refractivity contribution in [1.29, 1.82) is 0 Å². The van der Waals surface area contributed by atoms with Gasteiger partial charge in [-0.1, -0.05) is 32.9 Å². The van der Waals surface area contributed by atoms with Crippen LogP contribution in [-0.4, -0.2) is 107 Å². The highest BCUT2D eigenvalue weighted by Gasteiger charge is 2.62. The van der Waals surface area contributed by atoms with Gasteiger partial charge in [0.15, 0.2) is 0 Å². The molecule has 2 aromatic heterocycles. The van der Waals surface area contributed by atoms with Crippen LogP contribution in [0, 0.1) is 24.2 Å². The summed E-state index contributed by atoms with van der Waals surface area (Å²) in [5, 5.41) is 2.74. The minimum absolute atomic E-state index is 0.0462. The zero-order valence-corrected chi connectivity index (χ0v) is 35.3. The van der Waals surface area contributed by atoms with Crippen molar-refractivity contribution in [2.45, 2.75) is 101 Å². The number of benzene rings is 1. The van der Waals surface area contributed by atoms with Gasteiger partial charge in [-0.05, 0) is 62.3 Å². The summed E-state index contributed by atoms with van der Waals surface area (Å²) in [6.07, 6.45) is 2.64. The summed E-state index contributed by atoms with van der Waals surface area (Å²) < 4.78 is 68.9. The number of rotatable bonds is 13. The number of fused-ring (bicyclic) bond motifs is 1. The number of hydrogen-bond acceptors (Lipinski definition) is 10. The normalized spacial score (nSPS) is 24.4. The minimum atomic E-state index is -3.96. The highest BCUT2D eigenvalue weighted by atomic mass is 32.2. The molecule has 4 heterocycles. The topological polar surface area (TPSA) is 177 Å². The number of hydrogen-bond donors (Lipinski definition) is 2. The summed E-state index contributed by atoms with van der Waals surface area (Å²) in [6, 6.07) is 9.51. The molecule has 14 nitrogen and oxygen atoms in total. The summed E-state index contributed by atoms with van der Waals surface area (Å²) in [7, 11) is -2.40. The van der Waals surface area contributed by atoms with Gasteiger partial charge in [0.25, 0.3) is 11.8 Å². The van der Waals surface area contributed by atoms with Crippen LogP contribution in [0.2, 0.25) is 0 Å². The molecule has 3 aromatic rings. The fourth-order valence-corrected chi connectivity index (χ4v) is 9.73. The van der Waals surface area contributed by atoms with Crippen LogP contribution in [0.15, 0.2) is 55.3 Å². The second-order valence-electron chi connectivity index (χ2n) is 17.6.